The Morgan fingerprint density at radius 2 is 1.85 bits per heavy atom. The lowest BCUT2D eigenvalue weighted by Crippen LogP contribution is -2.49. The summed E-state index contributed by atoms with van der Waals surface area (Å²) in [5, 5.41) is 30.8. The normalized spacial score (nSPS) is 31.5. The lowest BCUT2D eigenvalue weighted by molar-refractivity contribution is -0.150. The minimum absolute atomic E-state index is 0.0134. The van der Waals surface area contributed by atoms with E-state index in [0.717, 1.165) is 6.42 Å². The fourth-order valence-corrected chi connectivity index (χ4v) is 4.10. The van der Waals surface area contributed by atoms with E-state index in [1.54, 1.807) is 19.9 Å². The van der Waals surface area contributed by atoms with Gasteiger partial charge in [0.1, 0.15) is 12.2 Å². The van der Waals surface area contributed by atoms with Gasteiger partial charge < -0.3 is 34.3 Å². The van der Waals surface area contributed by atoms with E-state index in [1.165, 1.54) is 7.11 Å². The molecule has 0 aromatic rings. The van der Waals surface area contributed by atoms with Crippen molar-refractivity contribution in [2.45, 2.75) is 95.9 Å². The third kappa shape index (κ3) is 8.98. The highest BCUT2D eigenvalue weighted by Crippen LogP contribution is 2.38. The third-order valence-electron chi connectivity index (χ3n) is 6.50. The van der Waals surface area contributed by atoms with Crippen LogP contribution in [0.3, 0.4) is 0 Å². The van der Waals surface area contributed by atoms with Crippen molar-refractivity contribution in [3.05, 3.63) is 11.6 Å². The van der Waals surface area contributed by atoms with E-state index in [0.29, 0.717) is 31.3 Å². The van der Waals surface area contributed by atoms with Crippen LogP contribution in [0, 0.1) is 11.8 Å². The van der Waals surface area contributed by atoms with Crippen molar-refractivity contribution in [2.75, 3.05) is 20.3 Å². The molecule has 2 aliphatic rings. The van der Waals surface area contributed by atoms with Crippen LogP contribution in [-0.2, 0) is 28.5 Å². The summed E-state index contributed by atoms with van der Waals surface area (Å²) in [5.74, 6) is -0.860. The van der Waals surface area contributed by atoms with Gasteiger partial charge in [0.25, 0.3) is 0 Å². The number of aliphatic hydroxyl groups is 3. The maximum absolute atomic E-state index is 12.0. The van der Waals surface area contributed by atoms with Gasteiger partial charge in [-0.1, -0.05) is 18.6 Å². The molecule has 2 saturated heterocycles. The molecule has 2 aliphatic heterocycles. The minimum atomic E-state index is -1.10. The number of methoxy groups -OCH3 is 1. The third-order valence-corrected chi connectivity index (χ3v) is 6.50. The molecule has 0 aliphatic carbocycles. The van der Waals surface area contributed by atoms with Crippen molar-refractivity contribution in [3.63, 3.8) is 0 Å². The minimum Gasteiger partial charge on any atom is -0.469 e. The molecule has 0 saturated carbocycles. The number of hydrogen-bond donors (Lipinski definition) is 3. The second-order valence-corrected chi connectivity index (χ2v) is 9.31. The van der Waals surface area contributed by atoms with E-state index in [-0.39, 0.29) is 55.6 Å². The van der Waals surface area contributed by atoms with Crippen molar-refractivity contribution < 1.29 is 43.9 Å². The summed E-state index contributed by atoms with van der Waals surface area (Å²) < 4.78 is 21.2. The Labute approximate surface area is 196 Å². The molecule has 0 spiro atoms. The first-order chi connectivity index (χ1) is 15.6. The number of esters is 2. The summed E-state index contributed by atoms with van der Waals surface area (Å²) in [4.78, 5) is 23.1. The molecule has 2 fully saturated rings. The molecule has 2 rings (SSSR count). The Morgan fingerprint density at radius 3 is 2.52 bits per heavy atom. The molecule has 0 aromatic carbocycles. The van der Waals surface area contributed by atoms with Crippen molar-refractivity contribution >= 4 is 11.9 Å². The largest absolute Gasteiger partial charge is 0.469 e. The van der Waals surface area contributed by atoms with Crippen LogP contribution >= 0.6 is 0 Å². The number of carbonyl (C=O) groups is 2. The maximum atomic E-state index is 12.0. The van der Waals surface area contributed by atoms with Crippen LogP contribution in [0.1, 0.15) is 59.3 Å². The first kappa shape index (κ1) is 27.7. The van der Waals surface area contributed by atoms with Crippen molar-refractivity contribution in [1.82, 2.24) is 0 Å². The SMILES string of the molecule is COC(=O)CCCCCOC(=O)C/C(C)=C/[C@@H]1OC[C@H](C[C@@H]2O[C@H]2[C@@H](C)[C@H](C)O)[C@@H](O)[C@H]1O. The van der Waals surface area contributed by atoms with Gasteiger partial charge in [0.15, 0.2) is 0 Å². The molecule has 0 amide bonds. The lowest BCUT2D eigenvalue weighted by Gasteiger charge is -2.36. The number of aliphatic hydroxyl groups excluding tert-OH is 3. The Hall–Kier alpha value is -1.52. The molecule has 2 heterocycles. The van der Waals surface area contributed by atoms with E-state index < -0.39 is 24.4 Å². The van der Waals surface area contributed by atoms with Gasteiger partial charge in [-0.15, -0.1) is 0 Å². The monoisotopic (exact) mass is 472 g/mol. The zero-order chi connectivity index (χ0) is 24.5. The Kier molecular flexibility index (Phi) is 11.2. The molecule has 190 valence electrons. The van der Waals surface area contributed by atoms with Crippen LogP contribution in [0.4, 0.5) is 0 Å². The van der Waals surface area contributed by atoms with Gasteiger partial charge in [0, 0.05) is 18.3 Å². The Bertz CT molecular complexity index is 662. The molecule has 0 bridgehead atoms. The van der Waals surface area contributed by atoms with Crippen LogP contribution < -0.4 is 0 Å². The molecular weight excluding hydrogens is 432 g/mol. The van der Waals surface area contributed by atoms with Crippen molar-refractivity contribution in [3.8, 4) is 0 Å². The average Bonchev–Trinajstić information content (AvgIpc) is 3.53. The number of rotatable bonds is 13. The zero-order valence-corrected chi connectivity index (χ0v) is 20.1. The highest BCUT2D eigenvalue weighted by Gasteiger charge is 2.48. The first-order valence-electron chi connectivity index (χ1n) is 11.8. The highest BCUT2D eigenvalue weighted by molar-refractivity contribution is 5.72. The first-order valence-corrected chi connectivity index (χ1v) is 11.8. The van der Waals surface area contributed by atoms with E-state index in [9.17, 15) is 24.9 Å². The molecule has 9 heteroatoms. The number of hydrogen-bond acceptors (Lipinski definition) is 9. The van der Waals surface area contributed by atoms with Crippen molar-refractivity contribution in [1.29, 1.82) is 0 Å². The van der Waals surface area contributed by atoms with E-state index >= 15 is 0 Å². The summed E-state index contributed by atoms with van der Waals surface area (Å²) >= 11 is 0. The molecule has 9 nitrogen and oxygen atoms in total. The second-order valence-electron chi connectivity index (χ2n) is 9.31. The van der Waals surface area contributed by atoms with Crippen LogP contribution in [0.15, 0.2) is 11.6 Å². The van der Waals surface area contributed by atoms with Gasteiger partial charge in [-0.25, -0.2) is 0 Å². The van der Waals surface area contributed by atoms with Crippen LogP contribution in [-0.4, -0.2) is 84.2 Å². The Balaban J connectivity index is 1.68. The number of ether oxygens (including phenoxy) is 4. The molecule has 0 unspecified atom stereocenters. The van der Waals surface area contributed by atoms with Gasteiger partial charge >= 0.3 is 11.9 Å². The Morgan fingerprint density at radius 1 is 1.12 bits per heavy atom. The van der Waals surface area contributed by atoms with Gasteiger partial charge in [-0.05, 0) is 39.5 Å². The molecule has 8 atom stereocenters. The van der Waals surface area contributed by atoms with Gasteiger partial charge in [-0.2, -0.15) is 0 Å². The quantitative estimate of drug-likeness (QED) is 0.158. The predicted molar refractivity (Wildman–Crippen MR) is 119 cm³/mol. The van der Waals surface area contributed by atoms with Crippen LogP contribution in [0.2, 0.25) is 0 Å². The maximum Gasteiger partial charge on any atom is 0.309 e. The van der Waals surface area contributed by atoms with Crippen molar-refractivity contribution in [2.24, 2.45) is 11.8 Å². The van der Waals surface area contributed by atoms with Crippen LogP contribution in [0.5, 0.6) is 0 Å². The van der Waals surface area contributed by atoms with E-state index in [4.69, 9.17) is 14.2 Å². The summed E-state index contributed by atoms with van der Waals surface area (Å²) in [7, 11) is 1.36. The molecule has 0 radical (unpaired) electrons. The summed E-state index contributed by atoms with van der Waals surface area (Å²) in [6.07, 6.45) is 1.47. The molecular formula is C24H40O9. The van der Waals surface area contributed by atoms with E-state index in [1.807, 2.05) is 6.92 Å². The molecule has 0 aromatic heterocycles. The molecule has 3 N–H and O–H groups in total. The van der Waals surface area contributed by atoms with Gasteiger partial charge in [0.2, 0.25) is 0 Å². The van der Waals surface area contributed by atoms with Gasteiger partial charge in [0.05, 0.1) is 51.2 Å². The highest BCUT2D eigenvalue weighted by atomic mass is 16.6. The summed E-state index contributed by atoms with van der Waals surface area (Å²) in [5.41, 5.74) is 0.691. The van der Waals surface area contributed by atoms with Crippen LogP contribution in [0.25, 0.3) is 0 Å². The standard InChI is InChI=1S/C24H40O9/c1-14(11-21(27)31-9-7-5-6-8-20(26)30-4)10-18-23(29)22(28)17(13-32-18)12-19-24(33-19)15(2)16(3)25/h10,15-19,22-25,28-29H,5-9,11-13H2,1-4H3/b14-10+/t15-,16-,17-,18-,19-,22+,23-,24-/m0/s1. The summed E-state index contributed by atoms with van der Waals surface area (Å²) in [6, 6.07) is 0. The topological polar surface area (TPSA) is 135 Å². The fourth-order valence-electron chi connectivity index (χ4n) is 4.10. The average molecular weight is 473 g/mol. The predicted octanol–water partition coefficient (Wildman–Crippen LogP) is 1.51. The number of carbonyl (C=O) groups excluding carboxylic acids is 2. The molecule has 33 heavy (non-hydrogen) atoms. The smallest absolute Gasteiger partial charge is 0.309 e. The number of epoxide rings is 1. The zero-order valence-electron chi connectivity index (χ0n) is 20.1. The van der Waals surface area contributed by atoms with E-state index in [2.05, 4.69) is 4.74 Å². The van der Waals surface area contributed by atoms with Gasteiger partial charge in [-0.3, -0.25) is 9.59 Å². The lowest BCUT2D eigenvalue weighted by atomic mass is 9.86. The fraction of sp³-hybridized carbons (Fsp3) is 0.833. The summed E-state index contributed by atoms with van der Waals surface area (Å²) in [6.45, 7) is 5.98. The number of unbranched alkanes of at least 4 members (excludes halogenated alkanes) is 2. The second kappa shape index (κ2) is 13.4.